The van der Waals surface area contributed by atoms with Crippen molar-refractivity contribution >= 4 is 0 Å². The maximum absolute atomic E-state index is 10.3. The standard InChI is InChI=1S/C17H17NO4/c19-14-11-5-6-18-8-10-4-2-1-3-9(10)7-12(18)13(11)15(20)17(22)16(14)21/h1-4,12,19-22H,5-8H2. The number of phenolic OH excluding ortho intramolecular Hbond substituents is 4. The van der Waals surface area contributed by atoms with Crippen LogP contribution in [0.3, 0.4) is 0 Å². The van der Waals surface area contributed by atoms with Gasteiger partial charge in [0.15, 0.2) is 11.5 Å². The molecule has 2 heterocycles. The molecule has 2 aromatic carbocycles. The number of nitrogens with zero attached hydrogens (tertiary/aromatic N) is 1. The third-order valence-electron chi connectivity index (χ3n) is 4.87. The molecule has 1 unspecified atom stereocenters. The Bertz CT molecular complexity index is 772. The molecule has 22 heavy (non-hydrogen) atoms. The van der Waals surface area contributed by atoms with Crippen molar-refractivity contribution in [3.05, 3.63) is 46.5 Å². The Balaban J connectivity index is 1.88. The van der Waals surface area contributed by atoms with E-state index in [9.17, 15) is 20.4 Å². The van der Waals surface area contributed by atoms with Gasteiger partial charge in [-0.3, -0.25) is 4.90 Å². The predicted octanol–water partition coefficient (Wildman–Crippen LogP) is 2.16. The second kappa shape index (κ2) is 4.55. The number of hydrogen-bond donors (Lipinski definition) is 4. The predicted molar refractivity (Wildman–Crippen MR) is 80.1 cm³/mol. The van der Waals surface area contributed by atoms with Crippen molar-refractivity contribution in [2.75, 3.05) is 6.54 Å². The monoisotopic (exact) mass is 299 g/mol. The zero-order valence-corrected chi connectivity index (χ0v) is 12.0. The Kier molecular flexibility index (Phi) is 2.74. The highest BCUT2D eigenvalue weighted by Gasteiger charge is 2.37. The van der Waals surface area contributed by atoms with Gasteiger partial charge in [-0.15, -0.1) is 0 Å². The Morgan fingerprint density at radius 1 is 0.864 bits per heavy atom. The summed E-state index contributed by atoms with van der Waals surface area (Å²) in [6.07, 6.45) is 1.24. The van der Waals surface area contributed by atoms with Gasteiger partial charge in [0.25, 0.3) is 0 Å². The first-order valence-corrected chi connectivity index (χ1v) is 7.37. The summed E-state index contributed by atoms with van der Waals surface area (Å²) >= 11 is 0. The Labute approximate surface area is 127 Å². The third-order valence-corrected chi connectivity index (χ3v) is 4.87. The fourth-order valence-electron chi connectivity index (χ4n) is 3.73. The lowest BCUT2D eigenvalue weighted by Crippen LogP contribution is -2.39. The lowest BCUT2D eigenvalue weighted by atomic mass is 9.83. The van der Waals surface area contributed by atoms with Crippen LogP contribution in [-0.2, 0) is 19.4 Å². The normalized spacial score (nSPS) is 20.1. The molecule has 0 radical (unpaired) electrons. The Morgan fingerprint density at radius 2 is 1.55 bits per heavy atom. The quantitative estimate of drug-likeness (QED) is 0.442. The lowest BCUT2D eigenvalue weighted by Gasteiger charge is -2.41. The van der Waals surface area contributed by atoms with Crippen LogP contribution in [0.15, 0.2) is 24.3 Å². The molecule has 0 bridgehead atoms. The van der Waals surface area contributed by atoms with E-state index in [1.807, 2.05) is 12.1 Å². The van der Waals surface area contributed by atoms with Crippen molar-refractivity contribution in [2.45, 2.75) is 25.4 Å². The summed E-state index contributed by atoms with van der Waals surface area (Å²) < 4.78 is 0. The van der Waals surface area contributed by atoms with E-state index in [1.165, 1.54) is 11.1 Å². The van der Waals surface area contributed by atoms with Crippen molar-refractivity contribution in [3.63, 3.8) is 0 Å². The van der Waals surface area contributed by atoms with E-state index >= 15 is 0 Å². The zero-order valence-electron chi connectivity index (χ0n) is 12.0. The molecule has 5 nitrogen and oxygen atoms in total. The second-order valence-corrected chi connectivity index (χ2v) is 6.00. The van der Waals surface area contributed by atoms with E-state index in [0.717, 1.165) is 13.1 Å². The van der Waals surface area contributed by atoms with Crippen molar-refractivity contribution in [1.29, 1.82) is 0 Å². The van der Waals surface area contributed by atoms with Crippen molar-refractivity contribution < 1.29 is 20.4 Å². The molecule has 0 amide bonds. The lowest BCUT2D eigenvalue weighted by molar-refractivity contribution is 0.154. The van der Waals surface area contributed by atoms with Crippen LogP contribution in [0.4, 0.5) is 0 Å². The van der Waals surface area contributed by atoms with Crippen LogP contribution >= 0.6 is 0 Å². The van der Waals surface area contributed by atoms with Gasteiger partial charge in [0, 0.05) is 30.3 Å². The average molecular weight is 299 g/mol. The number of hydrogen-bond acceptors (Lipinski definition) is 5. The van der Waals surface area contributed by atoms with E-state index < -0.39 is 11.5 Å². The minimum absolute atomic E-state index is 0.101. The van der Waals surface area contributed by atoms with Gasteiger partial charge in [0.05, 0.1) is 0 Å². The van der Waals surface area contributed by atoms with Gasteiger partial charge in [-0.2, -0.15) is 0 Å². The van der Waals surface area contributed by atoms with Crippen molar-refractivity contribution in [1.82, 2.24) is 4.90 Å². The van der Waals surface area contributed by atoms with E-state index in [0.29, 0.717) is 24.0 Å². The molecule has 0 saturated carbocycles. The number of benzene rings is 2. The summed E-state index contributed by atoms with van der Waals surface area (Å²) in [5, 5.41) is 40.0. The molecular weight excluding hydrogens is 282 g/mol. The first kappa shape index (κ1) is 13.3. The second-order valence-electron chi connectivity index (χ2n) is 6.00. The fourth-order valence-corrected chi connectivity index (χ4v) is 3.73. The van der Waals surface area contributed by atoms with Crippen LogP contribution in [-0.4, -0.2) is 31.9 Å². The number of rotatable bonds is 0. The highest BCUT2D eigenvalue weighted by atomic mass is 16.3. The Hall–Kier alpha value is -2.40. The van der Waals surface area contributed by atoms with Crippen LogP contribution in [0.1, 0.15) is 28.3 Å². The van der Waals surface area contributed by atoms with Crippen molar-refractivity contribution in [2.24, 2.45) is 0 Å². The number of aromatic hydroxyl groups is 4. The summed E-state index contributed by atoms with van der Waals surface area (Å²) in [4.78, 5) is 2.24. The first-order valence-electron chi connectivity index (χ1n) is 7.37. The zero-order chi connectivity index (χ0) is 15.4. The van der Waals surface area contributed by atoms with Gasteiger partial charge >= 0.3 is 0 Å². The minimum Gasteiger partial charge on any atom is -0.504 e. The highest BCUT2D eigenvalue weighted by Crippen LogP contribution is 2.53. The van der Waals surface area contributed by atoms with E-state index in [1.54, 1.807) is 0 Å². The Morgan fingerprint density at radius 3 is 2.32 bits per heavy atom. The van der Waals surface area contributed by atoms with Crippen LogP contribution in [0.5, 0.6) is 23.0 Å². The van der Waals surface area contributed by atoms with Gasteiger partial charge in [0.2, 0.25) is 11.5 Å². The molecule has 1 atom stereocenters. The SMILES string of the molecule is Oc1c(O)c(O)c2c(c1O)CCN1Cc3ccccc3CC21. The maximum atomic E-state index is 10.3. The largest absolute Gasteiger partial charge is 0.504 e. The molecule has 2 aliphatic heterocycles. The van der Waals surface area contributed by atoms with E-state index in [2.05, 4.69) is 17.0 Å². The summed E-state index contributed by atoms with van der Waals surface area (Å²) in [5.41, 5.74) is 3.55. The molecular formula is C17H17NO4. The maximum Gasteiger partial charge on any atom is 0.204 e. The molecule has 2 aliphatic rings. The molecule has 2 aromatic rings. The summed E-state index contributed by atoms with van der Waals surface area (Å²) in [7, 11) is 0. The van der Waals surface area contributed by atoms with E-state index in [-0.39, 0.29) is 17.5 Å². The third kappa shape index (κ3) is 1.69. The smallest absolute Gasteiger partial charge is 0.204 e. The highest BCUT2D eigenvalue weighted by molar-refractivity contribution is 5.66. The molecule has 4 rings (SSSR count). The summed E-state index contributed by atoms with van der Waals surface area (Å²) in [6.45, 7) is 1.52. The van der Waals surface area contributed by atoms with Gasteiger partial charge < -0.3 is 20.4 Å². The van der Waals surface area contributed by atoms with Crippen LogP contribution < -0.4 is 0 Å². The average Bonchev–Trinajstić information content (AvgIpc) is 2.55. The van der Waals surface area contributed by atoms with Crippen molar-refractivity contribution in [3.8, 4) is 23.0 Å². The van der Waals surface area contributed by atoms with E-state index in [4.69, 9.17) is 0 Å². The topological polar surface area (TPSA) is 84.2 Å². The molecule has 5 heteroatoms. The minimum atomic E-state index is -0.642. The van der Waals surface area contributed by atoms with Gasteiger partial charge in [-0.05, 0) is 24.0 Å². The molecule has 0 spiro atoms. The van der Waals surface area contributed by atoms with Gasteiger partial charge in [0.1, 0.15) is 0 Å². The fraction of sp³-hybridized carbons (Fsp3) is 0.294. The number of fused-ring (bicyclic) bond motifs is 4. The first-order chi connectivity index (χ1) is 10.6. The van der Waals surface area contributed by atoms with Crippen LogP contribution in [0.2, 0.25) is 0 Å². The molecule has 0 fully saturated rings. The summed E-state index contributed by atoms with van der Waals surface area (Å²) in [5.74, 6) is -1.92. The molecule has 0 aliphatic carbocycles. The van der Waals surface area contributed by atoms with Gasteiger partial charge in [-0.1, -0.05) is 24.3 Å². The van der Waals surface area contributed by atoms with Gasteiger partial charge in [-0.25, -0.2) is 0 Å². The molecule has 114 valence electrons. The van der Waals surface area contributed by atoms with Crippen LogP contribution in [0.25, 0.3) is 0 Å². The molecule has 0 saturated heterocycles. The molecule has 4 N–H and O–H groups in total. The molecule has 0 aromatic heterocycles. The summed E-state index contributed by atoms with van der Waals surface area (Å²) in [6, 6.07) is 8.08. The van der Waals surface area contributed by atoms with Crippen LogP contribution in [0, 0.1) is 0 Å². The number of phenols is 4.